The standard InChI is InChI=1S/C16H21N3O/c1-11-3-4-13(9-12(11)2)10-15-18-19-16(20-15)14-5-7-17-8-6-14/h3-4,9,14,17H,5-8,10H2,1-2H3. The number of piperidine rings is 1. The van der Waals surface area contributed by atoms with Gasteiger partial charge in [0.15, 0.2) is 0 Å². The molecule has 1 saturated heterocycles. The van der Waals surface area contributed by atoms with Gasteiger partial charge in [-0.05, 0) is 56.5 Å². The van der Waals surface area contributed by atoms with E-state index in [1.54, 1.807) is 0 Å². The fourth-order valence-electron chi connectivity index (χ4n) is 2.66. The first-order valence-corrected chi connectivity index (χ1v) is 7.31. The average molecular weight is 271 g/mol. The van der Waals surface area contributed by atoms with Gasteiger partial charge >= 0.3 is 0 Å². The number of aryl methyl sites for hydroxylation is 2. The average Bonchev–Trinajstić information content (AvgIpc) is 2.92. The molecule has 1 aliphatic rings. The molecule has 4 nitrogen and oxygen atoms in total. The zero-order valence-corrected chi connectivity index (χ0v) is 12.1. The molecule has 0 aliphatic carbocycles. The normalized spacial score (nSPS) is 16.5. The molecule has 0 bridgehead atoms. The summed E-state index contributed by atoms with van der Waals surface area (Å²) >= 11 is 0. The molecule has 3 rings (SSSR count). The highest BCUT2D eigenvalue weighted by Gasteiger charge is 2.21. The molecule has 0 spiro atoms. The van der Waals surface area contributed by atoms with Gasteiger partial charge in [0.1, 0.15) is 0 Å². The number of rotatable bonds is 3. The maximum atomic E-state index is 5.85. The van der Waals surface area contributed by atoms with Gasteiger partial charge < -0.3 is 9.73 Å². The molecule has 4 heteroatoms. The van der Waals surface area contributed by atoms with E-state index in [0.717, 1.165) is 44.1 Å². The molecule has 1 aliphatic heterocycles. The molecule has 0 unspecified atom stereocenters. The topological polar surface area (TPSA) is 51.0 Å². The zero-order valence-electron chi connectivity index (χ0n) is 12.1. The fraction of sp³-hybridized carbons (Fsp3) is 0.500. The van der Waals surface area contributed by atoms with Crippen molar-refractivity contribution < 1.29 is 4.42 Å². The fourth-order valence-corrected chi connectivity index (χ4v) is 2.66. The molecule has 0 atom stereocenters. The smallest absolute Gasteiger partial charge is 0.220 e. The molecule has 20 heavy (non-hydrogen) atoms. The second-order valence-electron chi connectivity index (χ2n) is 5.65. The maximum Gasteiger partial charge on any atom is 0.220 e. The summed E-state index contributed by atoms with van der Waals surface area (Å²) in [6.45, 7) is 6.34. The lowest BCUT2D eigenvalue weighted by atomic mass is 9.98. The third-order valence-corrected chi connectivity index (χ3v) is 4.10. The van der Waals surface area contributed by atoms with Crippen LogP contribution in [0.5, 0.6) is 0 Å². The van der Waals surface area contributed by atoms with Crippen molar-refractivity contribution in [1.29, 1.82) is 0 Å². The molecule has 1 fully saturated rings. The Morgan fingerprint density at radius 1 is 1.15 bits per heavy atom. The Morgan fingerprint density at radius 2 is 1.95 bits per heavy atom. The lowest BCUT2D eigenvalue weighted by Crippen LogP contribution is -2.26. The van der Waals surface area contributed by atoms with Crippen LogP contribution in [0.25, 0.3) is 0 Å². The number of benzene rings is 1. The molecular weight excluding hydrogens is 250 g/mol. The first-order chi connectivity index (χ1) is 9.72. The van der Waals surface area contributed by atoms with Gasteiger partial charge in [-0.2, -0.15) is 0 Å². The van der Waals surface area contributed by atoms with Gasteiger partial charge in [0.25, 0.3) is 0 Å². The molecule has 106 valence electrons. The minimum absolute atomic E-state index is 0.428. The Kier molecular flexibility index (Phi) is 3.83. The van der Waals surface area contributed by atoms with Crippen LogP contribution in [0.1, 0.15) is 47.2 Å². The van der Waals surface area contributed by atoms with Crippen LogP contribution in [-0.4, -0.2) is 23.3 Å². The van der Waals surface area contributed by atoms with Crippen molar-refractivity contribution in [3.05, 3.63) is 46.7 Å². The first-order valence-electron chi connectivity index (χ1n) is 7.31. The predicted molar refractivity (Wildman–Crippen MR) is 77.9 cm³/mol. The van der Waals surface area contributed by atoms with Crippen LogP contribution in [0.4, 0.5) is 0 Å². The second-order valence-corrected chi connectivity index (χ2v) is 5.65. The third-order valence-electron chi connectivity index (χ3n) is 4.10. The minimum atomic E-state index is 0.428. The molecule has 2 aromatic rings. The van der Waals surface area contributed by atoms with Crippen molar-refractivity contribution in [2.75, 3.05) is 13.1 Å². The number of hydrogen-bond donors (Lipinski definition) is 1. The van der Waals surface area contributed by atoms with Crippen LogP contribution in [0, 0.1) is 13.8 Å². The second kappa shape index (κ2) is 5.75. The van der Waals surface area contributed by atoms with Crippen molar-refractivity contribution in [3.8, 4) is 0 Å². The summed E-state index contributed by atoms with van der Waals surface area (Å²) in [6.07, 6.45) is 2.90. The maximum absolute atomic E-state index is 5.85. The highest BCUT2D eigenvalue weighted by atomic mass is 16.4. The molecule has 0 saturated carbocycles. The van der Waals surface area contributed by atoms with Gasteiger partial charge in [0, 0.05) is 5.92 Å². The Hall–Kier alpha value is -1.68. The number of aromatic nitrogens is 2. The van der Waals surface area contributed by atoms with Crippen LogP contribution in [0.2, 0.25) is 0 Å². The SMILES string of the molecule is Cc1ccc(Cc2nnc(C3CCNCC3)o2)cc1C. The Balaban J connectivity index is 1.71. The zero-order chi connectivity index (χ0) is 13.9. The quantitative estimate of drug-likeness (QED) is 0.932. The first kappa shape index (κ1) is 13.3. The minimum Gasteiger partial charge on any atom is -0.425 e. The van der Waals surface area contributed by atoms with E-state index < -0.39 is 0 Å². The van der Waals surface area contributed by atoms with E-state index in [9.17, 15) is 0 Å². The van der Waals surface area contributed by atoms with Gasteiger partial charge in [-0.25, -0.2) is 0 Å². The van der Waals surface area contributed by atoms with Gasteiger partial charge in [0.05, 0.1) is 6.42 Å². The van der Waals surface area contributed by atoms with Crippen LogP contribution in [0.15, 0.2) is 22.6 Å². The largest absolute Gasteiger partial charge is 0.425 e. The summed E-state index contributed by atoms with van der Waals surface area (Å²) < 4.78 is 5.85. The van der Waals surface area contributed by atoms with Crippen molar-refractivity contribution >= 4 is 0 Å². The lowest BCUT2D eigenvalue weighted by Gasteiger charge is -2.18. The molecule has 1 N–H and O–H groups in total. The number of nitrogens with zero attached hydrogens (tertiary/aromatic N) is 2. The molecule has 1 aromatic heterocycles. The van der Waals surface area contributed by atoms with E-state index in [-0.39, 0.29) is 0 Å². The van der Waals surface area contributed by atoms with E-state index in [1.807, 2.05) is 0 Å². The predicted octanol–water partition coefficient (Wildman–Crippen LogP) is 2.74. The highest BCUT2D eigenvalue weighted by Crippen LogP contribution is 2.24. The monoisotopic (exact) mass is 271 g/mol. The van der Waals surface area contributed by atoms with Crippen molar-refractivity contribution in [2.45, 2.75) is 39.0 Å². The Morgan fingerprint density at radius 3 is 2.70 bits per heavy atom. The van der Waals surface area contributed by atoms with Crippen molar-refractivity contribution in [2.24, 2.45) is 0 Å². The molecule has 1 aromatic carbocycles. The van der Waals surface area contributed by atoms with Crippen molar-refractivity contribution in [3.63, 3.8) is 0 Å². The van der Waals surface area contributed by atoms with Crippen LogP contribution in [-0.2, 0) is 6.42 Å². The molecule has 2 heterocycles. The summed E-state index contributed by atoms with van der Waals surface area (Å²) in [5.74, 6) is 1.96. The van der Waals surface area contributed by atoms with Gasteiger partial charge in [-0.3, -0.25) is 0 Å². The van der Waals surface area contributed by atoms with Crippen LogP contribution in [0.3, 0.4) is 0 Å². The molecule has 0 amide bonds. The molecule has 0 radical (unpaired) electrons. The van der Waals surface area contributed by atoms with E-state index >= 15 is 0 Å². The van der Waals surface area contributed by atoms with Gasteiger partial charge in [0.2, 0.25) is 11.8 Å². The summed E-state index contributed by atoms with van der Waals surface area (Å²) in [6, 6.07) is 6.48. The summed E-state index contributed by atoms with van der Waals surface area (Å²) in [7, 11) is 0. The highest BCUT2D eigenvalue weighted by molar-refractivity contribution is 5.31. The summed E-state index contributed by atoms with van der Waals surface area (Å²) in [5, 5.41) is 11.8. The van der Waals surface area contributed by atoms with Crippen LogP contribution >= 0.6 is 0 Å². The summed E-state index contributed by atoms with van der Waals surface area (Å²) in [5.41, 5.74) is 3.85. The van der Waals surface area contributed by atoms with E-state index in [2.05, 4.69) is 47.6 Å². The van der Waals surface area contributed by atoms with Crippen LogP contribution < -0.4 is 5.32 Å². The number of nitrogens with one attached hydrogen (secondary N) is 1. The lowest BCUT2D eigenvalue weighted by molar-refractivity contribution is 0.363. The third kappa shape index (κ3) is 2.90. The van der Waals surface area contributed by atoms with Gasteiger partial charge in [-0.1, -0.05) is 18.2 Å². The number of hydrogen-bond acceptors (Lipinski definition) is 4. The van der Waals surface area contributed by atoms with Crippen molar-refractivity contribution in [1.82, 2.24) is 15.5 Å². The van der Waals surface area contributed by atoms with E-state index in [0.29, 0.717) is 5.92 Å². The van der Waals surface area contributed by atoms with E-state index in [4.69, 9.17) is 4.42 Å². The Bertz CT molecular complexity index is 585. The van der Waals surface area contributed by atoms with Gasteiger partial charge in [-0.15, -0.1) is 10.2 Å². The Labute approximate surface area is 119 Å². The molecular formula is C16H21N3O. The summed E-state index contributed by atoms with van der Waals surface area (Å²) in [4.78, 5) is 0. The van der Waals surface area contributed by atoms with E-state index in [1.165, 1.54) is 16.7 Å².